The Morgan fingerprint density at radius 1 is 1.05 bits per heavy atom. The standard InChI is InChI=1S/C27H35N7O4/c28-18-4-1-3-17(15-18)26(36)33-9-7-16(8-10-33)23-22-24(31-30-23)19-5-2-6-20(21(19)25(22)35)29-27(37)32-34-11-13-38-14-12-34/h2,5-6,16-18,24H,1,3-4,7-15,28H2,(H2,29,32,37). The number of nitrogens with zero attached hydrogens (tertiary/aromatic N) is 4. The first-order valence-corrected chi connectivity index (χ1v) is 13.8. The highest BCUT2D eigenvalue weighted by Gasteiger charge is 2.44. The quantitative estimate of drug-likeness (QED) is 0.556. The van der Waals surface area contributed by atoms with E-state index in [4.69, 9.17) is 10.5 Å². The second-order valence-corrected chi connectivity index (χ2v) is 10.9. The monoisotopic (exact) mass is 521 g/mol. The van der Waals surface area contributed by atoms with E-state index in [1.807, 2.05) is 17.0 Å². The Morgan fingerprint density at radius 2 is 1.84 bits per heavy atom. The smallest absolute Gasteiger partial charge is 0.333 e. The summed E-state index contributed by atoms with van der Waals surface area (Å²) in [6.45, 7) is 3.65. The molecule has 6 rings (SSSR count). The van der Waals surface area contributed by atoms with Gasteiger partial charge in [-0.2, -0.15) is 10.2 Å². The lowest BCUT2D eigenvalue weighted by atomic mass is 9.84. The lowest BCUT2D eigenvalue weighted by molar-refractivity contribution is -0.138. The number of hydrazine groups is 1. The summed E-state index contributed by atoms with van der Waals surface area (Å²) in [5.41, 5.74) is 12.0. The number of rotatable bonds is 4. The lowest BCUT2D eigenvalue weighted by Crippen LogP contribution is -2.49. The van der Waals surface area contributed by atoms with Gasteiger partial charge in [0, 0.05) is 44.1 Å². The minimum atomic E-state index is -0.431. The number of benzene rings is 1. The van der Waals surface area contributed by atoms with Crippen LogP contribution in [0.25, 0.3) is 0 Å². The molecule has 0 spiro atoms. The summed E-state index contributed by atoms with van der Waals surface area (Å²) >= 11 is 0. The molecule has 202 valence electrons. The van der Waals surface area contributed by atoms with Gasteiger partial charge >= 0.3 is 6.03 Å². The third-order valence-corrected chi connectivity index (χ3v) is 8.47. The number of anilines is 1. The number of allylic oxidation sites excluding steroid dienone is 1. The molecule has 0 aromatic heterocycles. The van der Waals surface area contributed by atoms with Gasteiger partial charge in [-0.15, -0.1) is 0 Å². The van der Waals surface area contributed by atoms with E-state index in [1.165, 1.54) is 0 Å². The predicted octanol–water partition coefficient (Wildman–Crippen LogP) is 2.77. The molecule has 11 heteroatoms. The summed E-state index contributed by atoms with van der Waals surface area (Å²) in [4.78, 5) is 41.4. The largest absolute Gasteiger partial charge is 0.379 e. The fraction of sp³-hybridized carbons (Fsp3) is 0.593. The van der Waals surface area contributed by atoms with E-state index in [-0.39, 0.29) is 29.6 Å². The maximum absolute atomic E-state index is 13.7. The second-order valence-electron chi connectivity index (χ2n) is 10.9. The van der Waals surface area contributed by atoms with E-state index < -0.39 is 12.1 Å². The van der Waals surface area contributed by atoms with E-state index in [0.29, 0.717) is 56.2 Å². The Morgan fingerprint density at radius 3 is 2.61 bits per heavy atom. The van der Waals surface area contributed by atoms with Crippen LogP contribution in [-0.2, 0) is 9.53 Å². The SMILES string of the molecule is NC1CCCC(C(=O)N2CCC(C3=C4C(=O)c5c(NC(=O)NN6CCOCC6)cccc5C4N=N3)CC2)C1. The number of hydrogen-bond acceptors (Lipinski definition) is 8. The van der Waals surface area contributed by atoms with E-state index in [2.05, 4.69) is 21.0 Å². The number of carbonyl (C=O) groups excluding carboxylic acids is 3. The molecule has 1 aromatic carbocycles. The molecule has 0 bridgehead atoms. The summed E-state index contributed by atoms with van der Waals surface area (Å²) in [6.07, 6.45) is 5.22. The van der Waals surface area contributed by atoms with Crippen molar-refractivity contribution in [2.45, 2.75) is 50.6 Å². The van der Waals surface area contributed by atoms with Crippen molar-refractivity contribution in [1.82, 2.24) is 15.3 Å². The molecule has 1 saturated carbocycles. The zero-order chi connectivity index (χ0) is 26.2. The summed E-state index contributed by atoms with van der Waals surface area (Å²) in [7, 11) is 0. The van der Waals surface area contributed by atoms with Crippen LogP contribution in [0, 0.1) is 11.8 Å². The Kier molecular flexibility index (Phi) is 6.98. The summed E-state index contributed by atoms with van der Waals surface area (Å²) < 4.78 is 5.32. The summed E-state index contributed by atoms with van der Waals surface area (Å²) in [5.74, 6) is 0.209. The number of ketones is 1. The van der Waals surface area contributed by atoms with Gasteiger partial charge in [0.05, 0.1) is 35.7 Å². The van der Waals surface area contributed by atoms with Gasteiger partial charge < -0.3 is 20.7 Å². The first-order chi connectivity index (χ1) is 18.5. The van der Waals surface area contributed by atoms with Gasteiger partial charge in [0.15, 0.2) is 5.78 Å². The van der Waals surface area contributed by atoms with Crippen molar-refractivity contribution < 1.29 is 19.1 Å². The first kappa shape index (κ1) is 25.1. The number of ether oxygens (including phenoxy) is 1. The number of likely N-dealkylation sites (tertiary alicyclic amines) is 1. The molecule has 11 nitrogen and oxygen atoms in total. The summed E-state index contributed by atoms with van der Waals surface area (Å²) in [6, 6.07) is 4.76. The van der Waals surface area contributed by atoms with Crippen LogP contribution >= 0.6 is 0 Å². The number of carbonyl (C=O) groups is 3. The number of amides is 3. The Labute approximate surface area is 221 Å². The Balaban J connectivity index is 1.14. The van der Waals surface area contributed by atoms with Crippen LogP contribution < -0.4 is 16.5 Å². The zero-order valence-electron chi connectivity index (χ0n) is 21.5. The maximum Gasteiger partial charge on any atom is 0.333 e. The number of nitrogens with two attached hydrogens (primary N) is 1. The minimum absolute atomic E-state index is 0.0325. The molecule has 3 fully saturated rings. The van der Waals surface area contributed by atoms with Crippen molar-refractivity contribution >= 4 is 23.4 Å². The van der Waals surface area contributed by atoms with Gasteiger partial charge in [0.25, 0.3) is 0 Å². The number of azo groups is 1. The molecular formula is C27H35N7O4. The number of hydrogen-bond donors (Lipinski definition) is 3. The van der Waals surface area contributed by atoms with Crippen LogP contribution in [0.5, 0.6) is 0 Å². The summed E-state index contributed by atoms with van der Waals surface area (Å²) in [5, 5.41) is 13.6. The van der Waals surface area contributed by atoms with Crippen molar-refractivity contribution in [1.29, 1.82) is 0 Å². The molecule has 0 radical (unpaired) electrons. The number of nitrogens with one attached hydrogen (secondary N) is 2. The van der Waals surface area contributed by atoms with Gasteiger partial charge in [-0.25, -0.2) is 9.80 Å². The number of piperidine rings is 1. The predicted molar refractivity (Wildman–Crippen MR) is 139 cm³/mol. The Hall–Kier alpha value is -3.15. The highest BCUT2D eigenvalue weighted by Crippen LogP contribution is 2.49. The third-order valence-electron chi connectivity index (χ3n) is 8.47. The van der Waals surface area contributed by atoms with Crippen LogP contribution in [-0.4, -0.2) is 73.1 Å². The molecule has 3 atom stereocenters. The van der Waals surface area contributed by atoms with E-state index >= 15 is 0 Å². The highest BCUT2D eigenvalue weighted by atomic mass is 16.5. The van der Waals surface area contributed by atoms with Crippen LogP contribution in [0.3, 0.4) is 0 Å². The number of urea groups is 1. The van der Waals surface area contributed by atoms with E-state index in [0.717, 1.165) is 49.8 Å². The highest BCUT2D eigenvalue weighted by molar-refractivity contribution is 6.19. The van der Waals surface area contributed by atoms with Crippen LogP contribution in [0.2, 0.25) is 0 Å². The van der Waals surface area contributed by atoms with Gasteiger partial charge in [-0.1, -0.05) is 18.6 Å². The molecule has 3 heterocycles. The second kappa shape index (κ2) is 10.5. The fourth-order valence-electron chi connectivity index (χ4n) is 6.47. The number of morpholine rings is 1. The minimum Gasteiger partial charge on any atom is -0.379 e. The van der Waals surface area contributed by atoms with Gasteiger partial charge in [0.2, 0.25) is 5.91 Å². The molecule has 1 aromatic rings. The topological polar surface area (TPSA) is 142 Å². The van der Waals surface area contributed by atoms with Crippen molar-refractivity contribution in [3.05, 3.63) is 40.6 Å². The van der Waals surface area contributed by atoms with Crippen molar-refractivity contribution in [3.63, 3.8) is 0 Å². The molecular weight excluding hydrogens is 486 g/mol. The van der Waals surface area contributed by atoms with E-state index in [1.54, 1.807) is 11.1 Å². The van der Waals surface area contributed by atoms with Gasteiger partial charge in [-0.3, -0.25) is 15.0 Å². The van der Waals surface area contributed by atoms with Crippen molar-refractivity contribution in [3.8, 4) is 0 Å². The molecule has 3 unspecified atom stereocenters. The first-order valence-electron chi connectivity index (χ1n) is 13.8. The third kappa shape index (κ3) is 4.74. The van der Waals surface area contributed by atoms with Crippen LogP contribution in [0.15, 0.2) is 39.7 Å². The van der Waals surface area contributed by atoms with Gasteiger partial charge in [0.1, 0.15) is 6.04 Å². The maximum atomic E-state index is 13.7. The van der Waals surface area contributed by atoms with Crippen molar-refractivity contribution in [2.75, 3.05) is 44.7 Å². The fourth-order valence-corrected chi connectivity index (χ4v) is 6.47. The molecule has 5 aliphatic rings. The van der Waals surface area contributed by atoms with E-state index in [9.17, 15) is 14.4 Å². The average Bonchev–Trinajstić information content (AvgIpc) is 3.49. The Bertz CT molecular complexity index is 1180. The van der Waals surface area contributed by atoms with Crippen molar-refractivity contribution in [2.24, 2.45) is 27.8 Å². The molecule has 2 saturated heterocycles. The van der Waals surface area contributed by atoms with Crippen LogP contribution in [0.1, 0.15) is 60.5 Å². The molecule has 2 aliphatic carbocycles. The van der Waals surface area contributed by atoms with Gasteiger partial charge in [-0.05, 0) is 43.7 Å². The molecule has 3 amide bonds. The molecule has 38 heavy (non-hydrogen) atoms. The number of Topliss-reactive ketones (excluding diaryl/α,β-unsaturated/α-hetero) is 1. The normalized spacial score (nSPS) is 27.9. The molecule has 3 aliphatic heterocycles. The lowest BCUT2D eigenvalue weighted by Gasteiger charge is -2.36. The number of fused-ring (bicyclic) bond motifs is 3. The molecule has 4 N–H and O–H groups in total. The zero-order valence-corrected chi connectivity index (χ0v) is 21.5. The average molecular weight is 522 g/mol. The van der Waals surface area contributed by atoms with Crippen LogP contribution in [0.4, 0.5) is 10.5 Å².